The predicted molar refractivity (Wildman–Crippen MR) is 95.6 cm³/mol. The minimum Gasteiger partial charge on any atom is -0.301 e. The Labute approximate surface area is 146 Å². The number of carbonyl (C=O) groups excluding carboxylic acids is 2. The summed E-state index contributed by atoms with van der Waals surface area (Å²) in [6.45, 7) is 0.439. The fourth-order valence-corrected chi connectivity index (χ4v) is 2.91. The fourth-order valence-electron chi connectivity index (χ4n) is 2.73. The summed E-state index contributed by atoms with van der Waals surface area (Å²) in [5.74, 6) is -0.200. The summed E-state index contributed by atoms with van der Waals surface area (Å²) in [4.78, 5) is 30.5. The Kier molecular flexibility index (Phi) is 4.55. The van der Waals surface area contributed by atoms with Crippen LogP contribution in [-0.2, 0) is 4.79 Å². The Hall–Kier alpha value is -2.37. The van der Waals surface area contributed by atoms with Gasteiger partial charge in [0.1, 0.15) is 6.67 Å². The smallest absolute Gasteiger partial charge is 0.261 e. The highest BCUT2D eigenvalue weighted by atomic mass is 35.5. The van der Waals surface area contributed by atoms with Gasteiger partial charge in [0.05, 0.1) is 17.8 Å². The lowest BCUT2D eigenvalue weighted by Gasteiger charge is -2.37. The second kappa shape index (κ2) is 6.63. The van der Waals surface area contributed by atoms with Crippen LogP contribution in [0.25, 0.3) is 0 Å². The van der Waals surface area contributed by atoms with Crippen LogP contribution in [0.5, 0.6) is 0 Å². The maximum atomic E-state index is 12.9. The van der Waals surface area contributed by atoms with Gasteiger partial charge in [-0.25, -0.2) is 0 Å². The molecule has 0 atom stereocenters. The van der Waals surface area contributed by atoms with E-state index in [4.69, 9.17) is 11.6 Å². The Morgan fingerprint density at radius 3 is 2.62 bits per heavy atom. The summed E-state index contributed by atoms with van der Waals surface area (Å²) < 4.78 is 0. The van der Waals surface area contributed by atoms with Gasteiger partial charge in [0, 0.05) is 10.7 Å². The molecule has 0 unspecified atom stereocenters. The summed E-state index contributed by atoms with van der Waals surface area (Å²) in [7, 11) is 3.68. The lowest BCUT2D eigenvalue weighted by atomic mass is 10.1. The summed E-state index contributed by atoms with van der Waals surface area (Å²) in [5.41, 5.74) is 1.83. The van der Waals surface area contributed by atoms with Crippen molar-refractivity contribution in [2.45, 2.75) is 0 Å². The van der Waals surface area contributed by atoms with Gasteiger partial charge >= 0.3 is 0 Å². The predicted octanol–water partition coefficient (Wildman–Crippen LogP) is 2.85. The number of fused-ring (bicyclic) bond motifs is 1. The highest BCUT2D eigenvalue weighted by Gasteiger charge is 2.33. The summed E-state index contributed by atoms with van der Waals surface area (Å²) in [6, 6.07) is 14.2. The average Bonchev–Trinajstić information content (AvgIpc) is 2.54. The van der Waals surface area contributed by atoms with Crippen molar-refractivity contribution in [3.63, 3.8) is 0 Å². The lowest BCUT2D eigenvalue weighted by molar-refractivity contribution is -0.119. The number of hydrogen-bond donors (Lipinski definition) is 0. The van der Waals surface area contributed by atoms with Gasteiger partial charge in [-0.1, -0.05) is 29.8 Å². The molecule has 0 bridgehead atoms. The van der Waals surface area contributed by atoms with Gasteiger partial charge in [-0.3, -0.25) is 19.4 Å². The third kappa shape index (κ3) is 3.13. The van der Waals surface area contributed by atoms with Crippen LogP contribution < -0.4 is 9.80 Å². The first-order valence-corrected chi connectivity index (χ1v) is 7.97. The van der Waals surface area contributed by atoms with E-state index in [-0.39, 0.29) is 25.0 Å². The van der Waals surface area contributed by atoms with Crippen molar-refractivity contribution in [2.75, 3.05) is 37.1 Å². The van der Waals surface area contributed by atoms with E-state index in [0.29, 0.717) is 22.0 Å². The molecule has 2 aromatic carbocycles. The molecular formula is C18H18ClN3O2. The van der Waals surface area contributed by atoms with Crippen molar-refractivity contribution in [3.8, 4) is 0 Å². The van der Waals surface area contributed by atoms with Crippen LogP contribution in [-0.4, -0.2) is 44.0 Å². The van der Waals surface area contributed by atoms with Crippen LogP contribution in [0.15, 0.2) is 48.5 Å². The van der Waals surface area contributed by atoms with Gasteiger partial charge in [-0.05, 0) is 44.4 Å². The van der Waals surface area contributed by atoms with Crippen LogP contribution in [0.3, 0.4) is 0 Å². The molecule has 1 aliphatic rings. The second-order valence-corrected chi connectivity index (χ2v) is 6.37. The first kappa shape index (κ1) is 16.5. The minimum atomic E-state index is -0.137. The standard InChI is InChI=1S/C18H18ClN3O2/c1-20(2)11-17(23)22-12-21(14-7-5-6-13(19)10-14)18(24)15-8-3-4-9-16(15)22/h3-10H,11-12H2,1-2H3. The zero-order valence-corrected chi connectivity index (χ0v) is 14.3. The average molecular weight is 344 g/mol. The number of para-hydroxylation sites is 1. The molecule has 0 fully saturated rings. The van der Waals surface area contributed by atoms with Gasteiger partial charge in [-0.15, -0.1) is 0 Å². The monoisotopic (exact) mass is 343 g/mol. The van der Waals surface area contributed by atoms with E-state index in [2.05, 4.69) is 0 Å². The third-order valence-corrected chi connectivity index (χ3v) is 4.06. The number of benzene rings is 2. The van der Waals surface area contributed by atoms with Crippen LogP contribution in [0, 0.1) is 0 Å². The van der Waals surface area contributed by atoms with E-state index in [9.17, 15) is 9.59 Å². The molecule has 2 aromatic rings. The molecule has 1 heterocycles. The number of rotatable bonds is 3. The SMILES string of the molecule is CN(C)CC(=O)N1CN(c2cccc(Cl)c2)C(=O)c2ccccc21. The van der Waals surface area contributed by atoms with Crippen molar-refractivity contribution < 1.29 is 9.59 Å². The topological polar surface area (TPSA) is 43.9 Å². The van der Waals surface area contributed by atoms with E-state index in [1.165, 1.54) is 0 Å². The zero-order chi connectivity index (χ0) is 17.3. The molecule has 5 nitrogen and oxygen atoms in total. The highest BCUT2D eigenvalue weighted by molar-refractivity contribution is 6.31. The molecule has 24 heavy (non-hydrogen) atoms. The molecule has 0 saturated carbocycles. The molecule has 2 amide bonds. The summed E-state index contributed by atoms with van der Waals surface area (Å²) in [6.07, 6.45) is 0. The molecule has 3 rings (SSSR count). The van der Waals surface area contributed by atoms with Crippen molar-refractivity contribution in [3.05, 3.63) is 59.1 Å². The van der Waals surface area contributed by atoms with Gasteiger partial charge in [0.15, 0.2) is 0 Å². The highest BCUT2D eigenvalue weighted by Crippen LogP contribution is 2.31. The second-order valence-electron chi connectivity index (χ2n) is 5.93. The van der Waals surface area contributed by atoms with Gasteiger partial charge < -0.3 is 4.90 Å². The van der Waals surface area contributed by atoms with Gasteiger partial charge in [-0.2, -0.15) is 0 Å². The van der Waals surface area contributed by atoms with Crippen LogP contribution in [0.2, 0.25) is 5.02 Å². The molecule has 0 radical (unpaired) electrons. The summed E-state index contributed by atoms with van der Waals surface area (Å²) >= 11 is 6.05. The zero-order valence-electron chi connectivity index (χ0n) is 13.6. The molecule has 0 N–H and O–H groups in total. The first-order valence-electron chi connectivity index (χ1n) is 7.59. The molecule has 124 valence electrons. The number of nitrogens with zero attached hydrogens (tertiary/aromatic N) is 3. The Bertz CT molecular complexity index is 791. The number of hydrogen-bond acceptors (Lipinski definition) is 3. The maximum absolute atomic E-state index is 12.9. The lowest BCUT2D eigenvalue weighted by Crippen LogP contribution is -2.51. The Balaban J connectivity index is 2.03. The quantitative estimate of drug-likeness (QED) is 0.860. The van der Waals surface area contributed by atoms with Gasteiger partial charge in [0.2, 0.25) is 5.91 Å². The van der Waals surface area contributed by atoms with Crippen molar-refractivity contribution >= 4 is 34.8 Å². The van der Waals surface area contributed by atoms with E-state index in [1.54, 1.807) is 46.2 Å². The van der Waals surface area contributed by atoms with Crippen LogP contribution in [0.1, 0.15) is 10.4 Å². The molecule has 0 saturated heterocycles. The van der Waals surface area contributed by atoms with E-state index in [1.807, 2.05) is 31.1 Å². The molecule has 0 spiro atoms. The van der Waals surface area contributed by atoms with Crippen molar-refractivity contribution in [1.82, 2.24) is 4.90 Å². The first-order chi connectivity index (χ1) is 11.5. The van der Waals surface area contributed by atoms with Crippen LogP contribution >= 0.6 is 11.6 Å². The number of halogens is 1. The van der Waals surface area contributed by atoms with E-state index in [0.717, 1.165) is 0 Å². The Morgan fingerprint density at radius 1 is 1.17 bits per heavy atom. The minimum absolute atomic E-state index is 0.0630. The molecule has 6 heteroatoms. The number of anilines is 2. The fraction of sp³-hybridized carbons (Fsp3) is 0.222. The maximum Gasteiger partial charge on any atom is 0.261 e. The molecule has 0 aliphatic carbocycles. The molecular weight excluding hydrogens is 326 g/mol. The normalized spacial score (nSPS) is 14.1. The largest absolute Gasteiger partial charge is 0.301 e. The number of likely N-dealkylation sites (N-methyl/N-ethyl adjacent to an activating group) is 1. The summed E-state index contributed by atoms with van der Waals surface area (Å²) in [5, 5.41) is 0.547. The van der Waals surface area contributed by atoms with E-state index >= 15 is 0 Å². The molecule has 0 aromatic heterocycles. The Morgan fingerprint density at radius 2 is 1.92 bits per heavy atom. The van der Waals surface area contributed by atoms with E-state index < -0.39 is 0 Å². The van der Waals surface area contributed by atoms with Gasteiger partial charge in [0.25, 0.3) is 5.91 Å². The number of amides is 2. The molecule has 1 aliphatic heterocycles. The third-order valence-electron chi connectivity index (χ3n) is 3.83. The number of carbonyl (C=O) groups is 2. The van der Waals surface area contributed by atoms with Crippen molar-refractivity contribution in [2.24, 2.45) is 0 Å². The van der Waals surface area contributed by atoms with Crippen molar-refractivity contribution in [1.29, 1.82) is 0 Å². The van der Waals surface area contributed by atoms with Crippen LogP contribution in [0.4, 0.5) is 11.4 Å².